The van der Waals surface area contributed by atoms with Gasteiger partial charge in [0.15, 0.2) is 5.69 Å². The Morgan fingerprint density at radius 1 is 1.03 bits per heavy atom. The molecule has 1 aromatic heterocycles. The van der Waals surface area contributed by atoms with Crippen molar-refractivity contribution in [2.75, 3.05) is 40.0 Å². The monoisotopic (exact) mass is 519 g/mol. The van der Waals surface area contributed by atoms with Crippen molar-refractivity contribution >= 4 is 11.8 Å². The highest BCUT2D eigenvalue weighted by molar-refractivity contribution is 5.97. The molecule has 4 rings (SSSR count). The number of para-hydroxylation sites is 1. The number of carbonyl (C=O) groups excluding carboxylic acids is 2. The number of hydrogen-bond acceptors (Lipinski definition) is 6. The Balaban J connectivity index is 1.66. The van der Waals surface area contributed by atoms with Gasteiger partial charge in [0.05, 0.1) is 24.4 Å². The smallest absolute Gasteiger partial charge is 0.276 e. The molecule has 1 aliphatic heterocycles. The lowest BCUT2D eigenvalue weighted by Gasteiger charge is -2.32. The number of rotatable bonds is 6. The zero-order valence-corrected chi connectivity index (χ0v) is 22.3. The van der Waals surface area contributed by atoms with Crippen LogP contribution in [0.2, 0.25) is 0 Å². The van der Waals surface area contributed by atoms with Crippen LogP contribution in [0.15, 0.2) is 60.8 Å². The predicted octanol–water partition coefficient (Wildman–Crippen LogP) is 3.61. The molecule has 2 heterocycles. The molecule has 2 amide bonds. The van der Waals surface area contributed by atoms with Gasteiger partial charge in [0, 0.05) is 33.8 Å². The first-order valence-electron chi connectivity index (χ1n) is 13.3. The maximum atomic E-state index is 13.7. The maximum absolute atomic E-state index is 13.7. The van der Waals surface area contributed by atoms with Gasteiger partial charge in [0.2, 0.25) is 0 Å². The van der Waals surface area contributed by atoms with Gasteiger partial charge in [-0.05, 0) is 37.0 Å². The molecule has 38 heavy (non-hydrogen) atoms. The van der Waals surface area contributed by atoms with Crippen molar-refractivity contribution in [1.82, 2.24) is 24.8 Å². The molecule has 9 nitrogen and oxygen atoms in total. The fraction of sp³-hybridized carbons (Fsp3) is 0.448. The molecule has 0 spiro atoms. The number of benzene rings is 2. The molecule has 0 saturated heterocycles. The molecule has 3 aromatic rings. The van der Waals surface area contributed by atoms with Gasteiger partial charge < -0.3 is 19.3 Å². The Morgan fingerprint density at radius 3 is 2.50 bits per heavy atom. The van der Waals surface area contributed by atoms with Crippen molar-refractivity contribution in [2.45, 2.75) is 38.1 Å². The van der Waals surface area contributed by atoms with Crippen molar-refractivity contribution < 1.29 is 19.1 Å². The van der Waals surface area contributed by atoms with Crippen LogP contribution >= 0.6 is 0 Å². The highest BCUT2D eigenvalue weighted by atomic mass is 16.5. The van der Waals surface area contributed by atoms with Crippen LogP contribution in [0.25, 0.3) is 0 Å². The van der Waals surface area contributed by atoms with Crippen LogP contribution in [-0.4, -0.2) is 82.6 Å². The molecule has 1 atom stereocenters. The van der Waals surface area contributed by atoms with Gasteiger partial charge in [-0.3, -0.25) is 14.3 Å². The Labute approximate surface area is 224 Å². The van der Waals surface area contributed by atoms with E-state index in [-0.39, 0.29) is 24.5 Å². The van der Waals surface area contributed by atoms with Crippen molar-refractivity contribution in [3.8, 4) is 5.75 Å². The van der Waals surface area contributed by atoms with Crippen LogP contribution in [0.1, 0.15) is 52.1 Å². The van der Waals surface area contributed by atoms with Crippen LogP contribution in [-0.2, 0) is 18.2 Å². The van der Waals surface area contributed by atoms with E-state index in [0.29, 0.717) is 49.7 Å². The lowest BCUT2D eigenvalue weighted by atomic mass is 10.0. The summed E-state index contributed by atoms with van der Waals surface area (Å²) < 4.78 is 13.1. The second-order valence-electron chi connectivity index (χ2n) is 9.63. The van der Waals surface area contributed by atoms with E-state index >= 15 is 0 Å². The topological polar surface area (TPSA) is 89.8 Å². The van der Waals surface area contributed by atoms with E-state index in [1.54, 1.807) is 26.4 Å². The van der Waals surface area contributed by atoms with E-state index in [1.165, 1.54) is 4.68 Å². The number of carbonyl (C=O) groups is 2. The summed E-state index contributed by atoms with van der Waals surface area (Å²) in [7, 11) is 3.40. The Hall–Kier alpha value is -3.72. The van der Waals surface area contributed by atoms with E-state index in [1.807, 2.05) is 46.2 Å². The summed E-state index contributed by atoms with van der Waals surface area (Å²) in [5.74, 6) is 0.286. The summed E-state index contributed by atoms with van der Waals surface area (Å²) in [5, 5.41) is 8.06. The van der Waals surface area contributed by atoms with Crippen LogP contribution in [0.5, 0.6) is 5.75 Å². The minimum atomic E-state index is -0.261. The molecule has 0 unspecified atom stereocenters. The number of fused-ring (bicyclic) bond motifs is 1. The van der Waals surface area contributed by atoms with E-state index in [0.717, 1.165) is 31.2 Å². The highest BCUT2D eigenvalue weighted by Gasteiger charge is 2.28. The molecule has 1 aliphatic rings. The molecular formula is C29H37N5O4. The predicted molar refractivity (Wildman–Crippen MR) is 144 cm³/mol. The normalized spacial score (nSPS) is 17.4. The summed E-state index contributed by atoms with van der Waals surface area (Å²) in [6.45, 7) is 2.48. The fourth-order valence-electron chi connectivity index (χ4n) is 4.77. The third-order valence-corrected chi connectivity index (χ3v) is 6.82. The zero-order valence-electron chi connectivity index (χ0n) is 22.3. The summed E-state index contributed by atoms with van der Waals surface area (Å²) in [4.78, 5) is 31.0. The first-order chi connectivity index (χ1) is 18.6. The largest absolute Gasteiger partial charge is 0.491 e. The van der Waals surface area contributed by atoms with Gasteiger partial charge in [-0.2, -0.15) is 0 Å². The molecule has 0 radical (unpaired) electrons. The second kappa shape index (κ2) is 13.7. The number of aromatic nitrogens is 3. The highest BCUT2D eigenvalue weighted by Crippen LogP contribution is 2.23. The van der Waals surface area contributed by atoms with Crippen LogP contribution in [0.3, 0.4) is 0 Å². The molecule has 202 valence electrons. The van der Waals surface area contributed by atoms with Gasteiger partial charge >= 0.3 is 0 Å². The summed E-state index contributed by atoms with van der Waals surface area (Å²) in [6.07, 6.45) is 5.90. The number of amides is 2. The third kappa shape index (κ3) is 7.19. The summed E-state index contributed by atoms with van der Waals surface area (Å²) in [5.41, 5.74) is 1.94. The Morgan fingerprint density at radius 2 is 1.76 bits per heavy atom. The average molecular weight is 520 g/mol. The first-order valence-corrected chi connectivity index (χ1v) is 13.3. The summed E-state index contributed by atoms with van der Waals surface area (Å²) >= 11 is 0. The quantitative estimate of drug-likeness (QED) is 0.494. The van der Waals surface area contributed by atoms with Gasteiger partial charge in [-0.1, -0.05) is 60.5 Å². The summed E-state index contributed by atoms with van der Waals surface area (Å²) in [6, 6.07) is 17.2. The van der Waals surface area contributed by atoms with E-state index in [2.05, 4.69) is 22.4 Å². The first kappa shape index (κ1) is 27.3. The lowest BCUT2D eigenvalue weighted by Crippen LogP contribution is -2.46. The van der Waals surface area contributed by atoms with Crippen molar-refractivity contribution in [3.63, 3.8) is 0 Å². The van der Waals surface area contributed by atoms with Gasteiger partial charge in [0.1, 0.15) is 12.4 Å². The van der Waals surface area contributed by atoms with Crippen molar-refractivity contribution in [2.24, 2.45) is 7.05 Å². The minimum absolute atomic E-state index is 0.0678. The molecule has 0 N–H and O–H groups in total. The molecule has 0 bridgehead atoms. The van der Waals surface area contributed by atoms with Crippen molar-refractivity contribution in [3.05, 3.63) is 77.6 Å². The number of aryl methyl sites for hydroxylation is 1. The van der Waals surface area contributed by atoms with E-state index in [4.69, 9.17) is 9.47 Å². The van der Waals surface area contributed by atoms with Crippen LogP contribution in [0.4, 0.5) is 0 Å². The van der Waals surface area contributed by atoms with E-state index in [9.17, 15) is 9.59 Å². The van der Waals surface area contributed by atoms with Crippen molar-refractivity contribution in [1.29, 1.82) is 0 Å². The third-order valence-electron chi connectivity index (χ3n) is 6.82. The minimum Gasteiger partial charge on any atom is -0.491 e. The van der Waals surface area contributed by atoms with Crippen LogP contribution in [0, 0.1) is 0 Å². The van der Waals surface area contributed by atoms with Crippen LogP contribution < -0.4 is 4.74 Å². The fourth-order valence-corrected chi connectivity index (χ4v) is 4.77. The standard InChI is InChI=1S/C29H37N5O4/c1-32-21-26(30-31-32)29(36)34-17-11-4-3-10-16-33(18-19-37-2)28(35)25-14-8-9-15-27(25)38-22-24(34)20-23-12-6-5-7-13-23/h5-9,12-15,21,24H,3-4,10-11,16-20,22H2,1-2H3/t24-/m0/s1. The molecule has 0 aliphatic carbocycles. The Kier molecular flexibility index (Phi) is 9.86. The number of methoxy groups -OCH3 is 1. The second-order valence-corrected chi connectivity index (χ2v) is 9.63. The Bertz CT molecular complexity index is 1180. The van der Waals surface area contributed by atoms with E-state index < -0.39 is 0 Å². The lowest BCUT2D eigenvalue weighted by molar-refractivity contribution is 0.0586. The number of nitrogens with zero attached hydrogens (tertiary/aromatic N) is 5. The molecule has 9 heteroatoms. The SMILES string of the molecule is COCCN1CCCCCCN(C(=O)c2cn(C)nn2)[C@@H](Cc2ccccc2)COc2ccccc2C1=O. The average Bonchev–Trinajstić information content (AvgIpc) is 3.38. The van der Waals surface area contributed by atoms with Gasteiger partial charge in [0.25, 0.3) is 11.8 Å². The van der Waals surface area contributed by atoms with Gasteiger partial charge in [-0.25, -0.2) is 0 Å². The molecule has 0 fully saturated rings. The maximum Gasteiger partial charge on any atom is 0.276 e. The molecule has 2 aromatic carbocycles. The number of ether oxygens (including phenoxy) is 2. The zero-order chi connectivity index (χ0) is 26.7. The number of hydrogen-bond donors (Lipinski definition) is 0. The van der Waals surface area contributed by atoms with Gasteiger partial charge in [-0.15, -0.1) is 5.10 Å². The molecule has 0 saturated carbocycles. The molecular weight excluding hydrogens is 482 g/mol.